The molecule has 0 radical (unpaired) electrons. The van der Waals surface area contributed by atoms with Gasteiger partial charge in [-0.25, -0.2) is 0 Å². The topological polar surface area (TPSA) is 67.4 Å². The molecule has 0 aromatic heterocycles. The maximum absolute atomic E-state index is 11.9. The van der Waals surface area contributed by atoms with E-state index in [2.05, 4.69) is 10.6 Å². The van der Waals surface area contributed by atoms with E-state index < -0.39 is 0 Å². The Labute approximate surface area is 157 Å². The molecule has 0 saturated heterocycles. The molecule has 5 nitrogen and oxygen atoms in total. The first kappa shape index (κ1) is 18.3. The lowest BCUT2D eigenvalue weighted by atomic mass is 10.2. The Kier molecular flexibility index (Phi) is 5.78. The van der Waals surface area contributed by atoms with Gasteiger partial charge in [0.2, 0.25) is 5.91 Å². The van der Waals surface area contributed by atoms with Crippen LogP contribution in [-0.2, 0) is 16.1 Å². The third-order valence-electron chi connectivity index (χ3n) is 4.16. The average molecular weight is 373 g/mol. The Morgan fingerprint density at radius 1 is 1.15 bits per heavy atom. The third-order valence-corrected chi connectivity index (χ3v) is 4.39. The molecule has 2 aromatic rings. The van der Waals surface area contributed by atoms with Gasteiger partial charge in [-0.2, -0.15) is 0 Å². The molecular formula is C20H21ClN2O3. The summed E-state index contributed by atoms with van der Waals surface area (Å²) in [6.07, 6.45) is 1.96. The lowest BCUT2D eigenvalue weighted by Gasteiger charge is -2.10. The van der Waals surface area contributed by atoms with Crippen molar-refractivity contribution in [3.8, 4) is 5.75 Å². The van der Waals surface area contributed by atoms with Crippen LogP contribution in [0.4, 0.5) is 5.69 Å². The maximum Gasteiger partial charge on any atom is 0.258 e. The number of carbonyl (C=O) groups excluding carboxylic acids is 2. The highest BCUT2D eigenvalue weighted by atomic mass is 35.5. The molecule has 0 atom stereocenters. The first-order valence-corrected chi connectivity index (χ1v) is 8.94. The van der Waals surface area contributed by atoms with Crippen molar-refractivity contribution in [1.29, 1.82) is 0 Å². The first-order valence-electron chi connectivity index (χ1n) is 8.57. The van der Waals surface area contributed by atoms with Gasteiger partial charge in [0.15, 0.2) is 6.61 Å². The smallest absolute Gasteiger partial charge is 0.258 e. The van der Waals surface area contributed by atoms with Crippen molar-refractivity contribution in [2.24, 2.45) is 5.92 Å². The molecule has 2 aromatic carbocycles. The molecule has 1 aliphatic rings. The standard InChI is InChI=1S/C20H21ClN2O3/c1-13-10-16(21)6-9-18(13)26-12-19(24)22-11-14-2-7-17(8-3-14)23-20(25)15-4-5-15/h2-3,6-10,15H,4-5,11-12H2,1H3,(H,22,24)(H,23,25). The Morgan fingerprint density at radius 2 is 1.88 bits per heavy atom. The van der Waals surface area contributed by atoms with E-state index in [-0.39, 0.29) is 24.3 Å². The SMILES string of the molecule is Cc1cc(Cl)ccc1OCC(=O)NCc1ccc(NC(=O)C2CC2)cc1. The van der Waals surface area contributed by atoms with Gasteiger partial charge in [-0.05, 0) is 61.2 Å². The van der Waals surface area contributed by atoms with E-state index >= 15 is 0 Å². The van der Waals surface area contributed by atoms with Crippen LogP contribution in [0, 0.1) is 12.8 Å². The molecule has 1 aliphatic carbocycles. The number of aryl methyl sites for hydroxylation is 1. The fourth-order valence-corrected chi connectivity index (χ4v) is 2.69. The van der Waals surface area contributed by atoms with Crippen molar-refractivity contribution in [2.45, 2.75) is 26.3 Å². The second kappa shape index (κ2) is 8.23. The molecule has 26 heavy (non-hydrogen) atoms. The molecular weight excluding hydrogens is 352 g/mol. The average Bonchev–Trinajstić information content (AvgIpc) is 3.45. The Bertz CT molecular complexity index is 801. The van der Waals surface area contributed by atoms with E-state index in [1.807, 2.05) is 31.2 Å². The number of nitrogens with one attached hydrogen (secondary N) is 2. The van der Waals surface area contributed by atoms with Gasteiger partial charge < -0.3 is 15.4 Å². The Hall–Kier alpha value is -2.53. The second-order valence-corrected chi connectivity index (χ2v) is 6.87. The zero-order valence-corrected chi connectivity index (χ0v) is 15.3. The van der Waals surface area contributed by atoms with Crippen molar-refractivity contribution in [3.05, 3.63) is 58.6 Å². The zero-order valence-electron chi connectivity index (χ0n) is 14.5. The van der Waals surface area contributed by atoms with Crippen LogP contribution in [-0.4, -0.2) is 18.4 Å². The fraction of sp³-hybridized carbons (Fsp3) is 0.300. The van der Waals surface area contributed by atoms with Crippen LogP contribution in [0.3, 0.4) is 0 Å². The van der Waals surface area contributed by atoms with Crippen molar-refractivity contribution in [2.75, 3.05) is 11.9 Å². The number of hydrogen-bond acceptors (Lipinski definition) is 3. The second-order valence-electron chi connectivity index (χ2n) is 6.44. The highest BCUT2D eigenvalue weighted by molar-refractivity contribution is 6.30. The van der Waals surface area contributed by atoms with Gasteiger partial charge in [0.1, 0.15) is 5.75 Å². The third kappa shape index (κ3) is 5.23. The number of benzene rings is 2. The summed E-state index contributed by atoms with van der Waals surface area (Å²) in [5.41, 5.74) is 2.61. The van der Waals surface area contributed by atoms with E-state index in [1.54, 1.807) is 18.2 Å². The lowest BCUT2D eigenvalue weighted by Crippen LogP contribution is -2.28. The van der Waals surface area contributed by atoms with E-state index in [1.165, 1.54) is 0 Å². The molecule has 0 spiro atoms. The van der Waals surface area contributed by atoms with Gasteiger partial charge in [-0.15, -0.1) is 0 Å². The summed E-state index contributed by atoms with van der Waals surface area (Å²) in [5.74, 6) is 0.699. The highest BCUT2D eigenvalue weighted by Crippen LogP contribution is 2.30. The number of amides is 2. The maximum atomic E-state index is 11.9. The molecule has 1 fully saturated rings. The summed E-state index contributed by atoms with van der Waals surface area (Å²) in [6.45, 7) is 2.22. The van der Waals surface area contributed by atoms with Gasteiger partial charge in [-0.1, -0.05) is 23.7 Å². The molecule has 2 amide bonds. The van der Waals surface area contributed by atoms with Crippen molar-refractivity contribution < 1.29 is 14.3 Å². The van der Waals surface area contributed by atoms with E-state index in [0.717, 1.165) is 29.7 Å². The molecule has 2 N–H and O–H groups in total. The van der Waals surface area contributed by atoms with Gasteiger partial charge in [-0.3, -0.25) is 9.59 Å². The monoisotopic (exact) mass is 372 g/mol. The van der Waals surface area contributed by atoms with Crippen molar-refractivity contribution in [3.63, 3.8) is 0 Å². The lowest BCUT2D eigenvalue weighted by molar-refractivity contribution is -0.123. The van der Waals surface area contributed by atoms with Crippen LogP contribution < -0.4 is 15.4 Å². The molecule has 0 aliphatic heterocycles. The number of rotatable bonds is 7. The Balaban J connectivity index is 1.42. The minimum atomic E-state index is -0.203. The molecule has 0 heterocycles. The summed E-state index contributed by atoms with van der Waals surface area (Å²) in [6, 6.07) is 12.7. The molecule has 6 heteroatoms. The van der Waals surface area contributed by atoms with Crippen molar-refractivity contribution >= 4 is 29.1 Å². The van der Waals surface area contributed by atoms with Crippen LogP contribution in [0.2, 0.25) is 5.02 Å². The van der Waals surface area contributed by atoms with Gasteiger partial charge in [0.05, 0.1) is 0 Å². The predicted molar refractivity (Wildman–Crippen MR) is 101 cm³/mol. The van der Waals surface area contributed by atoms with Crippen LogP contribution >= 0.6 is 11.6 Å². The minimum absolute atomic E-state index is 0.0575. The minimum Gasteiger partial charge on any atom is -0.484 e. The first-order chi connectivity index (χ1) is 12.5. The van der Waals surface area contributed by atoms with E-state index in [9.17, 15) is 9.59 Å². The van der Waals surface area contributed by atoms with Crippen LogP contribution in [0.5, 0.6) is 5.75 Å². The van der Waals surface area contributed by atoms with E-state index in [4.69, 9.17) is 16.3 Å². The number of anilines is 1. The van der Waals surface area contributed by atoms with Gasteiger partial charge in [0, 0.05) is 23.2 Å². The molecule has 3 rings (SSSR count). The molecule has 136 valence electrons. The summed E-state index contributed by atoms with van der Waals surface area (Å²) in [5, 5.41) is 6.33. The number of carbonyl (C=O) groups is 2. The number of halogens is 1. The highest BCUT2D eigenvalue weighted by Gasteiger charge is 2.29. The largest absolute Gasteiger partial charge is 0.484 e. The van der Waals surface area contributed by atoms with Crippen molar-refractivity contribution in [1.82, 2.24) is 5.32 Å². The normalized spacial score (nSPS) is 13.2. The zero-order chi connectivity index (χ0) is 18.5. The molecule has 0 bridgehead atoms. The number of hydrogen-bond donors (Lipinski definition) is 2. The summed E-state index contributed by atoms with van der Waals surface area (Å²) >= 11 is 5.90. The fourth-order valence-electron chi connectivity index (χ4n) is 2.47. The predicted octanol–water partition coefficient (Wildman–Crippen LogP) is 3.69. The quantitative estimate of drug-likeness (QED) is 0.778. The number of ether oxygens (including phenoxy) is 1. The van der Waals surface area contributed by atoms with Gasteiger partial charge >= 0.3 is 0 Å². The van der Waals surface area contributed by atoms with Crippen LogP contribution in [0.1, 0.15) is 24.0 Å². The van der Waals surface area contributed by atoms with Gasteiger partial charge in [0.25, 0.3) is 5.91 Å². The van der Waals surface area contributed by atoms with Crippen LogP contribution in [0.25, 0.3) is 0 Å². The molecule has 0 unspecified atom stereocenters. The summed E-state index contributed by atoms with van der Waals surface area (Å²) < 4.78 is 5.51. The summed E-state index contributed by atoms with van der Waals surface area (Å²) in [4.78, 5) is 23.7. The van der Waals surface area contributed by atoms with E-state index in [0.29, 0.717) is 17.3 Å². The Morgan fingerprint density at radius 3 is 2.54 bits per heavy atom. The van der Waals surface area contributed by atoms with Crippen LogP contribution in [0.15, 0.2) is 42.5 Å². The summed E-state index contributed by atoms with van der Waals surface area (Å²) in [7, 11) is 0. The molecule has 1 saturated carbocycles.